The number of benzene rings is 1. The minimum Gasteiger partial charge on any atom is -0.334 e. The molecular weight excluding hydrogens is 248 g/mol. The highest BCUT2D eigenvalue weighted by molar-refractivity contribution is 5.78. The molecule has 0 saturated carbocycles. The van der Waals surface area contributed by atoms with Crippen LogP contribution in [0, 0.1) is 19.8 Å². The van der Waals surface area contributed by atoms with Gasteiger partial charge in [-0.15, -0.1) is 0 Å². The lowest BCUT2D eigenvalue weighted by Crippen LogP contribution is -2.50. The molecule has 2 rings (SSSR count). The lowest BCUT2D eigenvalue weighted by atomic mass is 9.87. The lowest BCUT2D eigenvalue weighted by molar-refractivity contribution is -0.138. The summed E-state index contributed by atoms with van der Waals surface area (Å²) in [7, 11) is 0. The molecule has 2 N–H and O–H groups in total. The average molecular weight is 274 g/mol. The summed E-state index contributed by atoms with van der Waals surface area (Å²) < 4.78 is 0. The van der Waals surface area contributed by atoms with Crippen molar-refractivity contribution < 1.29 is 4.79 Å². The van der Waals surface area contributed by atoms with Gasteiger partial charge in [0.15, 0.2) is 0 Å². The molecule has 3 nitrogen and oxygen atoms in total. The fourth-order valence-electron chi connectivity index (χ4n) is 3.06. The number of hydrogen-bond acceptors (Lipinski definition) is 2. The molecule has 1 saturated heterocycles. The molecular formula is C17H26N2O. The van der Waals surface area contributed by atoms with Gasteiger partial charge in [0.1, 0.15) is 0 Å². The summed E-state index contributed by atoms with van der Waals surface area (Å²) in [5, 5.41) is 0. The van der Waals surface area contributed by atoms with Gasteiger partial charge in [0.05, 0.1) is 6.04 Å². The molecule has 1 heterocycles. The molecule has 1 aromatic carbocycles. The fourth-order valence-corrected chi connectivity index (χ4v) is 3.06. The predicted octanol–water partition coefficient (Wildman–Crippen LogP) is 2.95. The Hall–Kier alpha value is -1.35. The van der Waals surface area contributed by atoms with Crippen molar-refractivity contribution in [3.63, 3.8) is 0 Å². The standard InChI is InChI=1S/C17H26N2O/c1-11(2)10-19-16(20)8-7-15(18)17(19)14-9-12(3)5-6-13(14)4/h5-6,9,11,15,17H,7-8,10,18H2,1-4H3. The number of nitrogens with zero attached hydrogens (tertiary/aromatic N) is 1. The Morgan fingerprint density at radius 3 is 2.70 bits per heavy atom. The Morgan fingerprint density at radius 1 is 1.35 bits per heavy atom. The van der Waals surface area contributed by atoms with Crippen LogP contribution >= 0.6 is 0 Å². The number of aryl methyl sites for hydroxylation is 2. The quantitative estimate of drug-likeness (QED) is 0.921. The number of nitrogens with two attached hydrogens (primary N) is 1. The first kappa shape index (κ1) is 15.0. The van der Waals surface area contributed by atoms with E-state index in [9.17, 15) is 4.79 Å². The zero-order valence-corrected chi connectivity index (χ0v) is 13.0. The Kier molecular flexibility index (Phi) is 4.48. The van der Waals surface area contributed by atoms with Crippen molar-refractivity contribution in [1.29, 1.82) is 0 Å². The smallest absolute Gasteiger partial charge is 0.223 e. The summed E-state index contributed by atoms with van der Waals surface area (Å²) in [6.45, 7) is 9.27. The fraction of sp³-hybridized carbons (Fsp3) is 0.588. The maximum Gasteiger partial charge on any atom is 0.223 e. The first-order chi connectivity index (χ1) is 9.40. The summed E-state index contributed by atoms with van der Waals surface area (Å²) in [4.78, 5) is 14.3. The monoisotopic (exact) mass is 274 g/mol. The topological polar surface area (TPSA) is 46.3 Å². The van der Waals surface area contributed by atoms with Crippen LogP contribution in [0.2, 0.25) is 0 Å². The van der Waals surface area contributed by atoms with Gasteiger partial charge in [0.25, 0.3) is 0 Å². The van der Waals surface area contributed by atoms with Crippen molar-refractivity contribution >= 4 is 5.91 Å². The molecule has 1 amide bonds. The zero-order chi connectivity index (χ0) is 14.9. The molecule has 0 bridgehead atoms. The van der Waals surface area contributed by atoms with Gasteiger partial charge in [-0.2, -0.15) is 0 Å². The van der Waals surface area contributed by atoms with Gasteiger partial charge in [-0.1, -0.05) is 37.6 Å². The molecule has 1 aromatic rings. The van der Waals surface area contributed by atoms with Crippen molar-refractivity contribution in [1.82, 2.24) is 4.90 Å². The first-order valence-electron chi connectivity index (χ1n) is 7.52. The van der Waals surface area contributed by atoms with Gasteiger partial charge < -0.3 is 10.6 Å². The highest BCUT2D eigenvalue weighted by Gasteiger charge is 2.35. The Bertz CT molecular complexity index is 496. The maximum atomic E-state index is 12.3. The largest absolute Gasteiger partial charge is 0.334 e. The third-order valence-corrected chi connectivity index (χ3v) is 4.07. The number of hydrogen-bond donors (Lipinski definition) is 1. The second-order valence-electron chi connectivity index (χ2n) is 6.45. The minimum atomic E-state index is 0.0264. The molecule has 1 aliphatic heterocycles. The summed E-state index contributed by atoms with van der Waals surface area (Å²) in [6, 6.07) is 6.49. The Labute approximate surface area is 122 Å². The number of likely N-dealkylation sites (tertiary alicyclic amines) is 1. The summed E-state index contributed by atoms with van der Waals surface area (Å²) in [5.74, 6) is 0.697. The normalized spacial score (nSPS) is 23.5. The second-order valence-corrected chi connectivity index (χ2v) is 6.45. The van der Waals surface area contributed by atoms with Crippen molar-refractivity contribution in [2.45, 2.75) is 52.6 Å². The van der Waals surface area contributed by atoms with Crippen LogP contribution in [-0.4, -0.2) is 23.4 Å². The molecule has 110 valence electrons. The van der Waals surface area contributed by atoms with Crippen LogP contribution in [0.15, 0.2) is 18.2 Å². The Morgan fingerprint density at radius 2 is 2.05 bits per heavy atom. The van der Waals surface area contributed by atoms with Crippen molar-refractivity contribution in [3.05, 3.63) is 34.9 Å². The summed E-state index contributed by atoms with van der Waals surface area (Å²) in [6.07, 6.45) is 1.36. The van der Waals surface area contributed by atoms with Crippen LogP contribution in [0.3, 0.4) is 0 Å². The maximum absolute atomic E-state index is 12.3. The molecule has 0 aromatic heterocycles. The van der Waals surface area contributed by atoms with Gasteiger partial charge in [0, 0.05) is 19.0 Å². The van der Waals surface area contributed by atoms with Gasteiger partial charge in [-0.05, 0) is 37.3 Å². The highest BCUT2D eigenvalue weighted by Crippen LogP contribution is 2.33. The minimum absolute atomic E-state index is 0.0264. The van der Waals surface area contributed by atoms with Crippen LogP contribution in [0.5, 0.6) is 0 Å². The van der Waals surface area contributed by atoms with Crippen molar-refractivity contribution in [2.75, 3.05) is 6.54 Å². The molecule has 2 unspecified atom stereocenters. The van der Waals surface area contributed by atoms with Crippen LogP contribution in [0.25, 0.3) is 0 Å². The molecule has 1 aliphatic rings. The van der Waals surface area contributed by atoms with Crippen molar-refractivity contribution in [3.8, 4) is 0 Å². The van der Waals surface area contributed by atoms with Crippen LogP contribution < -0.4 is 5.73 Å². The second kappa shape index (κ2) is 5.96. The summed E-state index contributed by atoms with van der Waals surface area (Å²) >= 11 is 0. The zero-order valence-electron chi connectivity index (χ0n) is 13.0. The highest BCUT2D eigenvalue weighted by atomic mass is 16.2. The van der Waals surface area contributed by atoms with Gasteiger partial charge in [-0.25, -0.2) is 0 Å². The van der Waals surface area contributed by atoms with E-state index in [-0.39, 0.29) is 18.0 Å². The average Bonchev–Trinajstić information content (AvgIpc) is 2.37. The molecule has 1 fully saturated rings. The van der Waals surface area contributed by atoms with Crippen LogP contribution in [-0.2, 0) is 4.79 Å². The van der Waals surface area contributed by atoms with E-state index in [1.807, 2.05) is 4.90 Å². The van der Waals surface area contributed by atoms with Crippen molar-refractivity contribution in [2.24, 2.45) is 11.7 Å². The third-order valence-electron chi connectivity index (χ3n) is 4.07. The number of piperidine rings is 1. The molecule has 0 spiro atoms. The Balaban J connectivity index is 2.41. The van der Waals surface area contributed by atoms with E-state index < -0.39 is 0 Å². The number of rotatable bonds is 3. The predicted molar refractivity (Wildman–Crippen MR) is 82.4 cm³/mol. The molecule has 2 atom stereocenters. The van der Waals surface area contributed by atoms with E-state index in [0.717, 1.165) is 13.0 Å². The molecule has 3 heteroatoms. The van der Waals surface area contributed by atoms with E-state index in [1.165, 1.54) is 16.7 Å². The first-order valence-corrected chi connectivity index (χ1v) is 7.52. The van der Waals surface area contributed by atoms with Gasteiger partial charge >= 0.3 is 0 Å². The molecule has 0 radical (unpaired) electrons. The van der Waals surface area contributed by atoms with Crippen LogP contribution in [0.4, 0.5) is 0 Å². The summed E-state index contributed by atoms with van der Waals surface area (Å²) in [5.41, 5.74) is 10.0. The number of amides is 1. The van der Waals surface area contributed by atoms with E-state index >= 15 is 0 Å². The van der Waals surface area contributed by atoms with E-state index in [4.69, 9.17) is 5.73 Å². The van der Waals surface area contributed by atoms with Gasteiger partial charge in [0.2, 0.25) is 5.91 Å². The number of carbonyl (C=O) groups is 1. The van der Waals surface area contributed by atoms with E-state index in [2.05, 4.69) is 45.9 Å². The van der Waals surface area contributed by atoms with E-state index in [0.29, 0.717) is 12.3 Å². The number of carbonyl (C=O) groups excluding carboxylic acids is 1. The molecule has 20 heavy (non-hydrogen) atoms. The van der Waals surface area contributed by atoms with Crippen LogP contribution in [0.1, 0.15) is 49.4 Å². The third kappa shape index (κ3) is 3.04. The lowest BCUT2D eigenvalue weighted by Gasteiger charge is -2.41. The van der Waals surface area contributed by atoms with Gasteiger partial charge in [-0.3, -0.25) is 4.79 Å². The molecule has 0 aliphatic carbocycles. The van der Waals surface area contributed by atoms with E-state index in [1.54, 1.807) is 0 Å². The SMILES string of the molecule is Cc1ccc(C)c(C2C(N)CCC(=O)N2CC(C)C)c1.